The highest BCUT2D eigenvalue weighted by Crippen LogP contribution is 2.44. The summed E-state index contributed by atoms with van der Waals surface area (Å²) in [7, 11) is 0. The maximum absolute atomic E-state index is 6.05. The number of hydrogen-bond acceptors (Lipinski definition) is 0. The van der Waals surface area contributed by atoms with Crippen LogP contribution in [0.15, 0.2) is 12.1 Å². The van der Waals surface area contributed by atoms with Gasteiger partial charge in [-0.25, -0.2) is 0 Å². The third-order valence-corrected chi connectivity index (χ3v) is 3.44. The topological polar surface area (TPSA) is 0 Å². The Kier molecular flexibility index (Phi) is 4.61. The molecule has 0 radical (unpaired) electrons. The fourth-order valence-electron chi connectivity index (χ4n) is 1.22. The summed E-state index contributed by atoms with van der Waals surface area (Å²) >= 11 is 35.9. The van der Waals surface area contributed by atoms with Crippen LogP contribution in [-0.2, 0) is 8.67 Å². The quantitative estimate of drug-likeness (QED) is 0.554. The van der Waals surface area contributed by atoms with Gasteiger partial charge in [-0.05, 0) is 26.0 Å². The normalized spacial score (nSPS) is 13.0. The number of rotatable bonds is 2. The summed E-state index contributed by atoms with van der Waals surface area (Å²) in [6.45, 7) is 3.21. The second-order valence-corrected chi connectivity index (χ2v) is 7.81. The van der Waals surface area contributed by atoms with Crippen molar-refractivity contribution >= 4 is 69.6 Å². The smallest absolute Gasteiger partial charge is 0.0966 e. The van der Waals surface area contributed by atoms with E-state index in [1.54, 1.807) is 26.0 Å². The second-order valence-electron chi connectivity index (χ2n) is 3.59. The van der Waals surface area contributed by atoms with E-state index in [2.05, 4.69) is 0 Å². The van der Waals surface area contributed by atoms with Crippen molar-refractivity contribution in [2.75, 3.05) is 0 Å². The molecule has 1 aromatic rings. The van der Waals surface area contributed by atoms with Gasteiger partial charge in [-0.15, -0.1) is 0 Å². The number of halogens is 6. The van der Waals surface area contributed by atoms with Crippen LogP contribution in [0.4, 0.5) is 0 Å². The summed E-state index contributed by atoms with van der Waals surface area (Å²) in [4.78, 5) is 0. The second kappa shape index (κ2) is 4.91. The van der Waals surface area contributed by atoms with Gasteiger partial charge in [-0.1, -0.05) is 69.6 Å². The molecule has 16 heavy (non-hydrogen) atoms. The number of benzene rings is 1. The van der Waals surface area contributed by atoms with Gasteiger partial charge in [-0.2, -0.15) is 0 Å². The van der Waals surface area contributed by atoms with Crippen molar-refractivity contribution in [3.63, 3.8) is 0 Å². The highest BCUT2D eigenvalue weighted by atomic mass is 35.5. The van der Waals surface area contributed by atoms with E-state index >= 15 is 0 Å². The zero-order valence-corrected chi connectivity index (χ0v) is 13.0. The van der Waals surface area contributed by atoms with Gasteiger partial charge in [0, 0.05) is 21.2 Å². The van der Waals surface area contributed by atoms with Crippen molar-refractivity contribution in [3.8, 4) is 0 Å². The first kappa shape index (κ1) is 15.0. The first-order valence-electron chi connectivity index (χ1n) is 4.29. The minimum atomic E-state index is -1.12. The third-order valence-electron chi connectivity index (χ3n) is 2.00. The van der Waals surface area contributed by atoms with Gasteiger partial charge in [0.1, 0.15) is 8.67 Å². The minimum absolute atomic E-state index is 0.374. The summed E-state index contributed by atoms with van der Waals surface area (Å²) < 4.78 is -2.23. The lowest BCUT2D eigenvalue weighted by Gasteiger charge is -2.21. The van der Waals surface area contributed by atoms with Gasteiger partial charge in [0.05, 0.1) is 0 Å². The number of hydrogen-bond donors (Lipinski definition) is 0. The van der Waals surface area contributed by atoms with Crippen LogP contribution < -0.4 is 0 Å². The molecule has 0 saturated heterocycles. The van der Waals surface area contributed by atoms with Crippen molar-refractivity contribution in [2.24, 2.45) is 0 Å². The first-order valence-corrected chi connectivity index (χ1v) is 6.56. The summed E-state index contributed by atoms with van der Waals surface area (Å²) in [6, 6.07) is 3.14. The largest absolute Gasteiger partial charge is 0.141 e. The molecule has 0 unspecified atom stereocenters. The molecule has 0 nitrogen and oxygen atoms in total. The lowest BCUT2D eigenvalue weighted by atomic mass is 10.1. The van der Waals surface area contributed by atoms with E-state index in [4.69, 9.17) is 69.6 Å². The minimum Gasteiger partial charge on any atom is -0.0966 e. The zero-order valence-electron chi connectivity index (χ0n) is 8.42. The van der Waals surface area contributed by atoms with Crippen LogP contribution in [0.1, 0.15) is 25.0 Å². The van der Waals surface area contributed by atoms with Gasteiger partial charge in [0.25, 0.3) is 0 Å². The van der Waals surface area contributed by atoms with E-state index < -0.39 is 8.67 Å². The Morgan fingerprint density at radius 1 is 0.750 bits per heavy atom. The maximum atomic E-state index is 6.05. The Hall–Kier alpha value is 0.960. The van der Waals surface area contributed by atoms with Crippen molar-refractivity contribution in [1.29, 1.82) is 0 Å². The summed E-state index contributed by atoms with van der Waals surface area (Å²) in [6.07, 6.45) is 0. The fourth-order valence-corrected chi connectivity index (χ4v) is 2.74. The third kappa shape index (κ3) is 3.48. The zero-order chi connectivity index (χ0) is 12.7. The molecule has 0 saturated carbocycles. The molecule has 0 heterocycles. The Morgan fingerprint density at radius 2 is 1.00 bits per heavy atom. The molecule has 0 aliphatic heterocycles. The van der Waals surface area contributed by atoms with Crippen molar-refractivity contribution < 1.29 is 0 Å². The van der Waals surface area contributed by atoms with Crippen LogP contribution in [0.2, 0.25) is 10.0 Å². The molecule has 0 aliphatic rings. The molecular weight excluding hydrogens is 333 g/mol. The predicted molar refractivity (Wildman–Crippen MR) is 74.6 cm³/mol. The van der Waals surface area contributed by atoms with Crippen LogP contribution in [-0.4, -0.2) is 0 Å². The Morgan fingerprint density at radius 3 is 1.19 bits per heavy atom. The molecule has 6 heteroatoms. The molecular formula is C10H8Cl6. The molecule has 0 N–H and O–H groups in total. The van der Waals surface area contributed by atoms with Crippen molar-refractivity contribution in [1.82, 2.24) is 0 Å². The highest BCUT2D eigenvalue weighted by molar-refractivity contribution is 6.50. The Bertz CT molecular complexity index is 359. The predicted octanol–water partition coefficient (Wildman–Crippen LogP) is 6.29. The lowest BCUT2D eigenvalue weighted by molar-refractivity contribution is 0.947. The summed E-state index contributed by atoms with van der Waals surface area (Å²) in [5.41, 5.74) is 1.03. The van der Waals surface area contributed by atoms with Gasteiger partial charge >= 0.3 is 0 Å². The van der Waals surface area contributed by atoms with E-state index in [1.807, 2.05) is 0 Å². The van der Waals surface area contributed by atoms with Crippen molar-refractivity contribution in [3.05, 3.63) is 33.3 Å². The highest BCUT2D eigenvalue weighted by Gasteiger charge is 2.28. The maximum Gasteiger partial charge on any atom is 0.141 e. The fraction of sp³-hybridized carbons (Fsp3) is 0.400. The molecule has 0 amide bonds. The van der Waals surface area contributed by atoms with Crippen LogP contribution in [0, 0.1) is 0 Å². The SMILES string of the molecule is CC(Cl)(Cl)c1cc(Cl)c(C(C)(Cl)Cl)cc1Cl. The average Bonchev–Trinajstić information content (AvgIpc) is 2.04. The van der Waals surface area contributed by atoms with E-state index in [0.29, 0.717) is 21.2 Å². The van der Waals surface area contributed by atoms with E-state index in [1.165, 1.54) is 0 Å². The van der Waals surface area contributed by atoms with Crippen LogP contribution in [0.3, 0.4) is 0 Å². The molecule has 0 spiro atoms. The van der Waals surface area contributed by atoms with Gasteiger partial charge in [0.15, 0.2) is 0 Å². The van der Waals surface area contributed by atoms with E-state index in [9.17, 15) is 0 Å². The lowest BCUT2D eigenvalue weighted by Crippen LogP contribution is -2.09. The molecule has 1 rings (SSSR count). The van der Waals surface area contributed by atoms with Gasteiger partial charge in [0.2, 0.25) is 0 Å². The monoisotopic (exact) mass is 338 g/mol. The first-order chi connectivity index (χ1) is 7.03. The molecule has 0 aromatic heterocycles. The van der Waals surface area contributed by atoms with Crippen LogP contribution >= 0.6 is 69.6 Å². The van der Waals surface area contributed by atoms with Gasteiger partial charge < -0.3 is 0 Å². The number of alkyl halides is 4. The molecule has 0 atom stereocenters. The van der Waals surface area contributed by atoms with Crippen LogP contribution in [0.25, 0.3) is 0 Å². The Balaban J connectivity index is 3.40. The molecule has 1 aromatic carbocycles. The van der Waals surface area contributed by atoms with Gasteiger partial charge in [-0.3, -0.25) is 0 Å². The standard InChI is InChI=1S/C10H8Cl6/c1-9(13,14)5-3-8(12)6(4-7(5)11)10(2,15)16/h3-4H,1-2H3. The van der Waals surface area contributed by atoms with E-state index in [0.717, 1.165) is 0 Å². The average molecular weight is 341 g/mol. The van der Waals surface area contributed by atoms with E-state index in [-0.39, 0.29) is 0 Å². The summed E-state index contributed by atoms with van der Waals surface area (Å²) in [5.74, 6) is 0. The molecule has 0 aliphatic carbocycles. The van der Waals surface area contributed by atoms with Crippen LogP contribution in [0.5, 0.6) is 0 Å². The molecule has 0 fully saturated rings. The molecule has 90 valence electrons. The van der Waals surface area contributed by atoms with Crippen molar-refractivity contribution in [2.45, 2.75) is 22.5 Å². The Labute approximate surface area is 125 Å². The summed E-state index contributed by atoms with van der Waals surface area (Å²) in [5, 5.41) is 0.749. The molecule has 0 bridgehead atoms.